The molecule has 1 aliphatic heterocycles. The van der Waals surface area contributed by atoms with E-state index in [1.807, 2.05) is 12.3 Å². The summed E-state index contributed by atoms with van der Waals surface area (Å²) in [6.07, 6.45) is 7.61. The topological polar surface area (TPSA) is 42.0 Å². The van der Waals surface area contributed by atoms with E-state index in [4.69, 9.17) is 0 Å². The van der Waals surface area contributed by atoms with E-state index < -0.39 is 0 Å². The van der Waals surface area contributed by atoms with Crippen LogP contribution in [-0.2, 0) is 17.6 Å². The molecule has 1 atom stereocenters. The minimum Gasteiger partial charge on any atom is -0.316 e. The molecule has 1 aromatic rings. The normalized spacial score (nSPS) is 19.3. The van der Waals surface area contributed by atoms with Gasteiger partial charge >= 0.3 is 0 Å². The molecular weight excluding hydrogens is 236 g/mol. The van der Waals surface area contributed by atoms with Crippen molar-refractivity contribution in [3.8, 4) is 0 Å². The van der Waals surface area contributed by atoms with Crippen molar-refractivity contribution in [1.29, 1.82) is 0 Å². The maximum absolute atomic E-state index is 11.9. The third-order valence-electron chi connectivity index (χ3n) is 3.90. The Labute approximate surface area is 115 Å². The van der Waals surface area contributed by atoms with Gasteiger partial charge in [-0.25, -0.2) is 0 Å². The lowest BCUT2D eigenvalue weighted by molar-refractivity contribution is -0.118. The summed E-state index contributed by atoms with van der Waals surface area (Å²) in [4.78, 5) is 16.3. The van der Waals surface area contributed by atoms with Crippen molar-refractivity contribution >= 4 is 5.78 Å². The van der Waals surface area contributed by atoms with Gasteiger partial charge in [0.15, 0.2) is 0 Å². The van der Waals surface area contributed by atoms with Crippen molar-refractivity contribution in [2.45, 2.75) is 45.4 Å². The Morgan fingerprint density at radius 2 is 2.37 bits per heavy atom. The van der Waals surface area contributed by atoms with Gasteiger partial charge in [0.25, 0.3) is 0 Å². The lowest BCUT2D eigenvalue weighted by Crippen LogP contribution is -2.30. The summed E-state index contributed by atoms with van der Waals surface area (Å²) in [6, 6.07) is 4.06. The first-order valence-electron chi connectivity index (χ1n) is 7.44. The predicted octanol–water partition coefficient (Wildman–Crippen LogP) is 2.54. The fourth-order valence-corrected chi connectivity index (χ4v) is 2.59. The second-order valence-electron chi connectivity index (χ2n) is 5.48. The number of piperidine rings is 1. The Bertz CT molecular complexity index is 394. The molecule has 0 aromatic carbocycles. The third kappa shape index (κ3) is 4.75. The van der Waals surface area contributed by atoms with E-state index in [-0.39, 0.29) is 0 Å². The zero-order valence-electron chi connectivity index (χ0n) is 11.8. The summed E-state index contributed by atoms with van der Waals surface area (Å²) in [5.74, 6) is 1.01. The Hall–Kier alpha value is -1.22. The highest BCUT2D eigenvalue weighted by Gasteiger charge is 2.14. The van der Waals surface area contributed by atoms with E-state index in [9.17, 15) is 4.79 Å². The van der Waals surface area contributed by atoms with E-state index in [1.165, 1.54) is 18.4 Å². The minimum atomic E-state index is 0.322. The van der Waals surface area contributed by atoms with Gasteiger partial charge in [0.2, 0.25) is 0 Å². The number of nitrogens with one attached hydrogen (secondary N) is 1. The number of aromatic nitrogens is 1. The number of aryl methyl sites for hydroxylation is 1. The molecule has 1 fully saturated rings. The van der Waals surface area contributed by atoms with Gasteiger partial charge < -0.3 is 5.32 Å². The maximum Gasteiger partial charge on any atom is 0.138 e. The number of nitrogens with zero attached hydrogens (tertiary/aromatic N) is 1. The smallest absolute Gasteiger partial charge is 0.138 e. The van der Waals surface area contributed by atoms with Gasteiger partial charge in [0, 0.05) is 24.7 Å². The molecule has 2 heterocycles. The monoisotopic (exact) mass is 260 g/mol. The molecule has 1 N–H and O–H groups in total. The number of hydrogen-bond donors (Lipinski definition) is 1. The average Bonchev–Trinajstić information content (AvgIpc) is 2.47. The van der Waals surface area contributed by atoms with E-state index in [1.54, 1.807) is 0 Å². The summed E-state index contributed by atoms with van der Waals surface area (Å²) >= 11 is 0. The van der Waals surface area contributed by atoms with Crippen LogP contribution >= 0.6 is 0 Å². The molecule has 1 aromatic heterocycles. The fourth-order valence-electron chi connectivity index (χ4n) is 2.59. The van der Waals surface area contributed by atoms with Crippen molar-refractivity contribution in [2.24, 2.45) is 5.92 Å². The number of carbonyl (C=O) groups excluding carboxylic acids is 1. The predicted molar refractivity (Wildman–Crippen MR) is 77.2 cm³/mol. The van der Waals surface area contributed by atoms with Crippen LogP contribution in [0, 0.1) is 5.92 Å². The number of pyridine rings is 1. The first kappa shape index (κ1) is 14.2. The minimum absolute atomic E-state index is 0.322. The van der Waals surface area contributed by atoms with Crippen LogP contribution in [0.25, 0.3) is 0 Å². The lowest BCUT2D eigenvalue weighted by Gasteiger charge is -2.22. The van der Waals surface area contributed by atoms with E-state index in [2.05, 4.69) is 23.3 Å². The molecule has 0 aliphatic carbocycles. The van der Waals surface area contributed by atoms with Crippen LogP contribution in [0.2, 0.25) is 0 Å². The van der Waals surface area contributed by atoms with E-state index in [0.29, 0.717) is 24.5 Å². The molecule has 3 heteroatoms. The second-order valence-corrected chi connectivity index (χ2v) is 5.48. The Balaban J connectivity index is 1.73. The van der Waals surface area contributed by atoms with Gasteiger partial charge in [-0.05, 0) is 56.3 Å². The van der Waals surface area contributed by atoms with Crippen LogP contribution in [0.15, 0.2) is 18.3 Å². The first-order chi connectivity index (χ1) is 9.28. The van der Waals surface area contributed by atoms with Gasteiger partial charge in [0.1, 0.15) is 5.78 Å². The number of carbonyl (C=O) groups is 1. The number of rotatable bonds is 6. The number of ketones is 1. The third-order valence-corrected chi connectivity index (χ3v) is 3.90. The van der Waals surface area contributed by atoms with Crippen LogP contribution in [0.1, 0.15) is 43.9 Å². The summed E-state index contributed by atoms with van der Waals surface area (Å²) < 4.78 is 0. The molecule has 1 unspecified atom stereocenters. The molecule has 0 spiro atoms. The molecule has 0 radical (unpaired) electrons. The molecule has 1 aliphatic rings. The standard InChI is InChI=1S/C16H24N2O/c1-2-13-5-7-15(18-12-13)10-16(19)8-6-14-4-3-9-17-11-14/h5,7,12,14,17H,2-4,6,8-11H2,1H3. The summed E-state index contributed by atoms with van der Waals surface area (Å²) in [7, 11) is 0. The van der Waals surface area contributed by atoms with E-state index in [0.717, 1.165) is 31.6 Å². The summed E-state index contributed by atoms with van der Waals surface area (Å²) in [6.45, 7) is 4.33. The quantitative estimate of drug-likeness (QED) is 0.854. The van der Waals surface area contributed by atoms with Gasteiger partial charge in [-0.2, -0.15) is 0 Å². The van der Waals surface area contributed by atoms with Gasteiger partial charge in [0.05, 0.1) is 0 Å². The zero-order chi connectivity index (χ0) is 13.5. The van der Waals surface area contributed by atoms with Crippen molar-refractivity contribution < 1.29 is 4.79 Å². The summed E-state index contributed by atoms with van der Waals surface area (Å²) in [5.41, 5.74) is 2.13. The lowest BCUT2D eigenvalue weighted by atomic mass is 9.93. The van der Waals surface area contributed by atoms with Gasteiger partial charge in [-0.15, -0.1) is 0 Å². The molecule has 0 amide bonds. The van der Waals surface area contributed by atoms with Crippen LogP contribution in [0.3, 0.4) is 0 Å². The van der Waals surface area contributed by atoms with Crippen molar-refractivity contribution in [3.63, 3.8) is 0 Å². The highest BCUT2D eigenvalue weighted by molar-refractivity contribution is 5.80. The van der Waals surface area contributed by atoms with Crippen molar-refractivity contribution in [2.75, 3.05) is 13.1 Å². The molecule has 0 bridgehead atoms. The highest BCUT2D eigenvalue weighted by atomic mass is 16.1. The number of hydrogen-bond acceptors (Lipinski definition) is 3. The molecule has 3 nitrogen and oxygen atoms in total. The van der Waals surface area contributed by atoms with Crippen LogP contribution in [-0.4, -0.2) is 23.9 Å². The molecule has 19 heavy (non-hydrogen) atoms. The number of Topliss-reactive ketones (excluding diaryl/α,β-unsaturated/α-hetero) is 1. The first-order valence-corrected chi connectivity index (χ1v) is 7.44. The van der Waals surface area contributed by atoms with Gasteiger partial charge in [-0.1, -0.05) is 13.0 Å². The zero-order valence-corrected chi connectivity index (χ0v) is 11.8. The Morgan fingerprint density at radius 3 is 3.00 bits per heavy atom. The second kappa shape index (κ2) is 7.39. The van der Waals surface area contributed by atoms with Crippen LogP contribution < -0.4 is 5.32 Å². The molecule has 104 valence electrons. The van der Waals surface area contributed by atoms with Gasteiger partial charge in [-0.3, -0.25) is 9.78 Å². The van der Waals surface area contributed by atoms with Crippen molar-refractivity contribution in [3.05, 3.63) is 29.6 Å². The van der Waals surface area contributed by atoms with Crippen LogP contribution in [0.4, 0.5) is 0 Å². The highest BCUT2D eigenvalue weighted by Crippen LogP contribution is 2.16. The largest absolute Gasteiger partial charge is 0.316 e. The fraction of sp³-hybridized carbons (Fsp3) is 0.625. The van der Waals surface area contributed by atoms with Crippen molar-refractivity contribution in [1.82, 2.24) is 10.3 Å². The summed E-state index contributed by atoms with van der Waals surface area (Å²) in [5, 5.41) is 3.40. The molecule has 0 saturated carbocycles. The molecule has 2 rings (SSSR count). The van der Waals surface area contributed by atoms with E-state index >= 15 is 0 Å². The average molecular weight is 260 g/mol. The van der Waals surface area contributed by atoms with Crippen LogP contribution in [0.5, 0.6) is 0 Å². The molecular formula is C16H24N2O. The Kier molecular flexibility index (Phi) is 5.52. The Morgan fingerprint density at radius 1 is 1.47 bits per heavy atom. The maximum atomic E-state index is 11.9. The molecule has 1 saturated heterocycles. The SMILES string of the molecule is CCc1ccc(CC(=O)CCC2CCCNC2)nc1.